The third-order valence-electron chi connectivity index (χ3n) is 4.24. The van der Waals surface area contributed by atoms with Crippen molar-refractivity contribution in [1.82, 2.24) is 10.6 Å². The number of hydrogen-bond acceptors (Lipinski definition) is 3. The van der Waals surface area contributed by atoms with Crippen molar-refractivity contribution in [3.05, 3.63) is 29.8 Å². The Bertz CT molecular complexity index is 537. The monoisotopic (exact) mass is 370 g/mol. The summed E-state index contributed by atoms with van der Waals surface area (Å²) >= 11 is 0. The SMILES string of the molecule is O=C(NCCCOC1CCCCC1)NCc1cccc(OCC(F)F)c1. The van der Waals surface area contributed by atoms with Crippen LogP contribution >= 0.6 is 0 Å². The lowest BCUT2D eigenvalue weighted by Crippen LogP contribution is -2.36. The van der Waals surface area contributed by atoms with Crippen molar-refractivity contribution < 1.29 is 23.0 Å². The van der Waals surface area contributed by atoms with Crippen molar-refractivity contribution in [2.24, 2.45) is 0 Å². The highest BCUT2D eigenvalue weighted by Gasteiger charge is 2.13. The van der Waals surface area contributed by atoms with E-state index in [9.17, 15) is 13.6 Å². The summed E-state index contributed by atoms with van der Waals surface area (Å²) in [6.07, 6.45) is 4.76. The average Bonchev–Trinajstić information content (AvgIpc) is 2.65. The molecule has 2 rings (SSSR count). The Morgan fingerprint density at radius 2 is 2.00 bits per heavy atom. The molecule has 1 fully saturated rings. The fourth-order valence-electron chi connectivity index (χ4n) is 2.91. The maximum absolute atomic E-state index is 12.2. The van der Waals surface area contributed by atoms with Crippen molar-refractivity contribution in [3.8, 4) is 5.75 Å². The van der Waals surface area contributed by atoms with Gasteiger partial charge in [-0.2, -0.15) is 0 Å². The minimum absolute atomic E-state index is 0.262. The highest BCUT2D eigenvalue weighted by atomic mass is 19.3. The first-order valence-electron chi connectivity index (χ1n) is 9.26. The molecule has 0 aromatic heterocycles. The molecule has 5 nitrogen and oxygen atoms in total. The molecular weight excluding hydrogens is 342 g/mol. The Morgan fingerprint density at radius 1 is 1.19 bits per heavy atom. The first-order chi connectivity index (χ1) is 12.6. The number of carbonyl (C=O) groups is 1. The van der Waals surface area contributed by atoms with Gasteiger partial charge in [0.15, 0.2) is 0 Å². The normalized spacial score (nSPS) is 15.0. The second-order valence-corrected chi connectivity index (χ2v) is 6.44. The molecule has 0 atom stereocenters. The first-order valence-corrected chi connectivity index (χ1v) is 9.26. The summed E-state index contributed by atoms with van der Waals surface area (Å²) in [4.78, 5) is 11.8. The van der Waals surface area contributed by atoms with E-state index >= 15 is 0 Å². The molecular formula is C19H28F2N2O3. The van der Waals surface area contributed by atoms with Crippen molar-refractivity contribution in [2.75, 3.05) is 19.8 Å². The highest BCUT2D eigenvalue weighted by molar-refractivity contribution is 5.73. The minimum Gasteiger partial charge on any atom is -0.488 e. The Hall–Kier alpha value is -1.89. The zero-order valence-electron chi connectivity index (χ0n) is 15.0. The van der Waals surface area contributed by atoms with Crippen LogP contribution in [-0.2, 0) is 11.3 Å². The lowest BCUT2D eigenvalue weighted by atomic mass is 9.98. The first kappa shape index (κ1) is 20.4. The molecule has 0 bridgehead atoms. The predicted octanol–water partition coefficient (Wildman–Crippen LogP) is 3.87. The zero-order chi connectivity index (χ0) is 18.6. The van der Waals surface area contributed by atoms with Gasteiger partial charge in [0.2, 0.25) is 0 Å². The zero-order valence-corrected chi connectivity index (χ0v) is 15.0. The van der Waals surface area contributed by atoms with E-state index in [1.807, 2.05) is 0 Å². The second-order valence-electron chi connectivity index (χ2n) is 6.44. The number of rotatable bonds is 10. The summed E-state index contributed by atoms with van der Waals surface area (Å²) in [5.74, 6) is 0.366. The van der Waals surface area contributed by atoms with Crippen LogP contribution in [0.5, 0.6) is 5.75 Å². The molecule has 0 heterocycles. The van der Waals surface area contributed by atoms with Gasteiger partial charge in [-0.3, -0.25) is 0 Å². The van der Waals surface area contributed by atoms with Gasteiger partial charge in [-0.1, -0.05) is 31.4 Å². The van der Waals surface area contributed by atoms with Crippen LogP contribution in [0.1, 0.15) is 44.1 Å². The molecule has 0 spiro atoms. The topological polar surface area (TPSA) is 59.6 Å². The largest absolute Gasteiger partial charge is 0.488 e. The number of nitrogens with one attached hydrogen (secondary N) is 2. The van der Waals surface area contributed by atoms with E-state index in [0.29, 0.717) is 31.5 Å². The van der Waals surface area contributed by atoms with Gasteiger partial charge in [0, 0.05) is 19.7 Å². The summed E-state index contributed by atoms with van der Waals surface area (Å²) in [6, 6.07) is 6.49. The minimum atomic E-state index is -2.51. The molecule has 1 aromatic rings. The maximum Gasteiger partial charge on any atom is 0.315 e. The Kier molecular flexibility index (Phi) is 9.17. The molecule has 146 valence electrons. The standard InChI is InChI=1S/C19H28F2N2O3/c20-18(21)14-26-17-9-4-6-15(12-17)13-23-19(24)22-10-5-11-25-16-7-2-1-3-8-16/h4,6,9,12,16,18H,1-3,5,7-8,10-11,13-14H2,(H2,22,23,24). The van der Waals surface area contributed by atoms with E-state index in [-0.39, 0.29) is 6.03 Å². The van der Waals surface area contributed by atoms with Gasteiger partial charge in [0.1, 0.15) is 12.4 Å². The molecule has 2 amide bonds. The molecule has 0 aliphatic heterocycles. The summed E-state index contributed by atoms with van der Waals surface area (Å²) in [7, 11) is 0. The number of hydrogen-bond donors (Lipinski definition) is 2. The van der Waals surface area contributed by atoms with E-state index < -0.39 is 13.0 Å². The van der Waals surface area contributed by atoms with Gasteiger partial charge in [0.05, 0.1) is 6.10 Å². The number of amides is 2. The number of benzene rings is 1. The third kappa shape index (κ3) is 8.47. The summed E-state index contributed by atoms with van der Waals surface area (Å²) in [5, 5.41) is 5.52. The Labute approximate surface area is 153 Å². The van der Waals surface area contributed by atoms with Crippen LogP contribution in [0.15, 0.2) is 24.3 Å². The van der Waals surface area contributed by atoms with Crippen molar-refractivity contribution >= 4 is 6.03 Å². The van der Waals surface area contributed by atoms with Gasteiger partial charge >= 0.3 is 6.03 Å². The van der Waals surface area contributed by atoms with Crippen LogP contribution < -0.4 is 15.4 Å². The van der Waals surface area contributed by atoms with E-state index in [0.717, 1.165) is 24.8 Å². The number of urea groups is 1. The van der Waals surface area contributed by atoms with E-state index in [4.69, 9.17) is 9.47 Å². The molecule has 1 saturated carbocycles. The van der Waals surface area contributed by atoms with Gasteiger partial charge in [0.25, 0.3) is 6.43 Å². The summed E-state index contributed by atoms with van der Waals surface area (Å²) in [5.41, 5.74) is 0.785. The molecule has 0 saturated heterocycles. The molecule has 1 aliphatic rings. The van der Waals surface area contributed by atoms with Crippen LogP contribution in [0.25, 0.3) is 0 Å². The number of ether oxygens (including phenoxy) is 2. The van der Waals surface area contributed by atoms with Crippen molar-refractivity contribution in [2.45, 2.75) is 57.6 Å². The van der Waals surface area contributed by atoms with Crippen molar-refractivity contribution in [3.63, 3.8) is 0 Å². The second kappa shape index (κ2) is 11.7. The molecule has 7 heteroatoms. The molecule has 2 N–H and O–H groups in total. The molecule has 0 radical (unpaired) electrons. The lowest BCUT2D eigenvalue weighted by molar-refractivity contribution is 0.0275. The van der Waals surface area contributed by atoms with E-state index in [1.54, 1.807) is 24.3 Å². The molecule has 1 aliphatic carbocycles. The number of halogens is 2. The third-order valence-corrected chi connectivity index (χ3v) is 4.24. The van der Waals surface area contributed by atoms with Gasteiger partial charge in [-0.05, 0) is 37.0 Å². The van der Waals surface area contributed by atoms with E-state index in [2.05, 4.69) is 10.6 Å². The van der Waals surface area contributed by atoms with Crippen LogP contribution in [0.4, 0.5) is 13.6 Å². The Balaban J connectivity index is 1.56. The van der Waals surface area contributed by atoms with Crippen LogP contribution in [-0.4, -0.2) is 38.3 Å². The van der Waals surface area contributed by atoms with E-state index in [1.165, 1.54) is 19.3 Å². The smallest absolute Gasteiger partial charge is 0.315 e. The fourth-order valence-corrected chi connectivity index (χ4v) is 2.91. The van der Waals surface area contributed by atoms with Crippen LogP contribution in [0.2, 0.25) is 0 Å². The van der Waals surface area contributed by atoms with Crippen LogP contribution in [0.3, 0.4) is 0 Å². The Morgan fingerprint density at radius 3 is 2.77 bits per heavy atom. The highest BCUT2D eigenvalue weighted by Crippen LogP contribution is 2.20. The number of alkyl halides is 2. The number of carbonyl (C=O) groups excluding carboxylic acids is 1. The van der Waals surface area contributed by atoms with Gasteiger partial charge < -0.3 is 20.1 Å². The van der Waals surface area contributed by atoms with Gasteiger partial charge in [-0.25, -0.2) is 13.6 Å². The fraction of sp³-hybridized carbons (Fsp3) is 0.632. The summed E-state index contributed by atoms with van der Waals surface area (Å²) in [6.45, 7) is 0.876. The molecule has 1 aromatic carbocycles. The van der Waals surface area contributed by atoms with Crippen molar-refractivity contribution in [1.29, 1.82) is 0 Å². The predicted molar refractivity (Wildman–Crippen MR) is 95.6 cm³/mol. The molecule has 0 unspecified atom stereocenters. The van der Waals surface area contributed by atoms with Gasteiger partial charge in [-0.15, -0.1) is 0 Å². The maximum atomic E-state index is 12.2. The molecule has 26 heavy (non-hydrogen) atoms. The van der Waals surface area contributed by atoms with Crippen LogP contribution in [0, 0.1) is 0 Å². The summed E-state index contributed by atoms with van der Waals surface area (Å²) < 4.78 is 35.1. The average molecular weight is 370 g/mol. The quantitative estimate of drug-likeness (QED) is 0.615. The lowest BCUT2D eigenvalue weighted by Gasteiger charge is -2.21.